The third-order valence-electron chi connectivity index (χ3n) is 5.93. The molecule has 2 N–H and O–H groups in total. The number of nitrogens with zero attached hydrogens (tertiary/aromatic N) is 4. The van der Waals surface area contributed by atoms with Gasteiger partial charge in [-0.05, 0) is 36.0 Å². The Hall–Kier alpha value is -3.56. The zero-order valence-electron chi connectivity index (χ0n) is 16.7. The Bertz CT molecular complexity index is 1260. The van der Waals surface area contributed by atoms with Gasteiger partial charge in [-0.25, -0.2) is 4.85 Å². The van der Waals surface area contributed by atoms with Gasteiger partial charge in [0.15, 0.2) is 11.5 Å². The zero-order chi connectivity index (χ0) is 20.8. The molecule has 6 heteroatoms. The molecule has 1 fully saturated rings. The summed E-state index contributed by atoms with van der Waals surface area (Å²) in [5.41, 5.74) is 13.6. The summed E-state index contributed by atoms with van der Waals surface area (Å²) in [6, 6.07) is 11.9. The number of nitrogens with two attached hydrogens (primary N) is 1. The van der Waals surface area contributed by atoms with Gasteiger partial charge >= 0.3 is 0 Å². The number of aliphatic imine (C=N–C) groups is 1. The first kappa shape index (κ1) is 18.5. The Labute approximate surface area is 174 Å². The topological polar surface area (TPSA) is 77.6 Å². The van der Waals surface area contributed by atoms with Crippen LogP contribution in [0.4, 0.5) is 5.69 Å². The van der Waals surface area contributed by atoms with E-state index < -0.39 is 0 Å². The SMILES string of the molecule is [C-]#[N+]c1ccc(C2CC2)cc1-c1c(-c2ccc3c(c2)C(CN)=NCC3=O)cnn1C. The zero-order valence-corrected chi connectivity index (χ0v) is 16.7. The first-order valence-electron chi connectivity index (χ1n) is 10.1. The van der Waals surface area contributed by atoms with E-state index in [1.54, 1.807) is 0 Å². The quantitative estimate of drug-likeness (QED) is 0.675. The van der Waals surface area contributed by atoms with Gasteiger partial charge in [0, 0.05) is 35.8 Å². The summed E-state index contributed by atoms with van der Waals surface area (Å²) in [6.45, 7) is 8.09. The van der Waals surface area contributed by atoms with E-state index in [4.69, 9.17) is 12.3 Å². The predicted molar refractivity (Wildman–Crippen MR) is 117 cm³/mol. The lowest BCUT2D eigenvalue weighted by Gasteiger charge is -2.17. The molecule has 148 valence electrons. The van der Waals surface area contributed by atoms with Gasteiger partial charge in [0.25, 0.3) is 0 Å². The van der Waals surface area contributed by atoms with E-state index in [9.17, 15) is 4.79 Å². The van der Waals surface area contributed by atoms with E-state index in [1.165, 1.54) is 18.4 Å². The van der Waals surface area contributed by atoms with Gasteiger partial charge < -0.3 is 5.73 Å². The number of benzene rings is 2. The highest BCUT2D eigenvalue weighted by molar-refractivity contribution is 6.16. The van der Waals surface area contributed by atoms with Crippen LogP contribution in [-0.4, -0.2) is 34.4 Å². The molecule has 3 aromatic rings. The summed E-state index contributed by atoms with van der Waals surface area (Å²) in [4.78, 5) is 20.4. The Morgan fingerprint density at radius 1 is 1.13 bits per heavy atom. The van der Waals surface area contributed by atoms with E-state index in [0.29, 0.717) is 17.2 Å². The molecular formula is C24H21N5O. The molecule has 5 rings (SSSR count). The van der Waals surface area contributed by atoms with E-state index in [1.807, 2.05) is 42.2 Å². The number of ketones is 1. The monoisotopic (exact) mass is 395 g/mol. The number of rotatable bonds is 4. The molecule has 1 aliphatic carbocycles. The molecule has 2 aliphatic rings. The van der Waals surface area contributed by atoms with Gasteiger partial charge in [0.05, 0.1) is 24.2 Å². The van der Waals surface area contributed by atoms with Crippen LogP contribution in [0.25, 0.3) is 27.2 Å². The maximum absolute atomic E-state index is 12.3. The minimum atomic E-state index is 0.00703. The van der Waals surface area contributed by atoms with Crippen molar-refractivity contribution in [1.82, 2.24) is 9.78 Å². The molecule has 1 aliphatic heterocycles. The summed E-state index contributed by atoms with van der Waals surface area (Å²) in [7, 11) is 1.89. The van der Waals surface area contributed by atoms with Crippen LogP contribution in [0.2, 0.25) is 0 Å². The molecule has 0 spiro atoms. The maximum Gasteiger partial charge on any atom is 0.196 e. The summed E-state index contributed by atoms with van der Waals surface area (Å²) < 4.78 is 1.82. The standard InChI is InChI=1S/C24H21N5O/c1-26-21-8-6-15(14-3-4-14)9-19(21)24-20(12-28-29(24)2)16-5-7-17-18(10-16)22(11-25)27-13-23(17)30/h5-10,12,14H,3-4,11,13,25H2,2H3. The second-order valence-electron chi connectivity index (χ2n) is 7.84. The normalized spacial score (nSPS) is 15.5. The van der Waals surface area contributed by atoms with Crippen LogP contribution in [0.3, 0.4) is 0 Å². The number of aryl methyl sites for hydroxylation is 1. The van der Waals surface area contributed by atoms with Crippen molar-refractivity contribution in [3.63, 3.8) is 0 Å². The number of hydrogen-bond donors (Lipinski definition) is 1. The van der Waals surface area contributed by atoms with Crippen molar-refractivity contribution < 1.29 is 4.79 Å². The van der Waals surface area contributed by atoms with Crippen molar-refractivity contribution in [3.8, 4) is 22.4 Å². The number of fused-ring (bicyclic) bond motifs is 1. The molecule has 0 bridgehead atoms. The van der Waals surface area contributed by atoms with Gasteiger partial charge in [0.2, 0.25) is 0 Å². The largest absolute Gasteiger partial charge is 0.325 e. The number of aromatic nitrogens is 2. The van der Waals surface area contributed by atoms with Gasteiger partial charge in [-0.2, -0.15) is 5.10 Å². The van der Waals surface area contributed by atoms with Gasteiger partial charge in [0.1, 0.15) is 6.54 Å². The number of carbonyl (C=O) groups is 1. The Balaban J connectivity index is 1.68. The summed E-state index contributed by atoms with van der Waals surface area (Å²) >= 11 is 0. The molecule has 0 unspecified atom stereocenters. The summed E-state index contributed by atoms with van der Waals surface area (Å²) in [6.07, 6.45) is 4.22. The molecule has 0 amide bonds. The molecule has 2 heterocycles. The Morgan fingerprint density at radius 2 is 1.97 bits per heavy atom. The fraction of sp³-hybridized carbons (Fsp3) is 0.250. The fourth-order valence-electron chi connectivity index (χ4n) is 4.19. The molecular weight excluding hydrogens is 374 g/mol. The van der Waals surface area contributed by atoms with Gasteiger partial charge in [-0.15, -0.1) is 0 Å². The molecule has 0 atom stereocenters. The molecule has 0 saturated heterocycles. The molecule has 1 saturated carbocycles. The van der Waals surface area contributed by atoms with E-state index in [0.717, 1.165) is 33.7 Å². The lowest BCUT2D eigenvalue weighted by Crippen LogP contribution is -2.24. The first-order chi connectivity index (χ1) is 14.6. The molecule has 2 aromatic carbocycles. The number of hydrogen-bond acceptors (Lipinski definition) is 4. The minimum Gasteiger partial charge on any atom is -0.325 e. The van der Waals surface area contributed by atoms with Gasteiger partial charge in [-0.1, -0.05) is 30.3 Å². The van der Waals surface area contributed by atoms with Crippen molar-refractivity contribution in [2.75, 3.05) is 13.1 Å². The highest BCUT2D eigenvalue weighted by Gasteiger charge is 2.26. The van der Waals surface area contributed by atoms with E-state index in [2.05, 4.69) is 27.1 Å². The van der Waals surface area contributed by atoms with Crippen molar-refractivity contribution in [3.05, 3.63) is 70.7 Å². The second kappa shape index (κ2) is 7.05. The Kier molecular flexibility index (Phi) is 4.34. The van der Waals surface area contributed by atoms with Crippen molar-refractivity contribution in [2.24, 2.45) is 17.8 Å². The third-order valence-corrected chi connectivity index (χ3v) is 5.93. The second-order valence-corrected chi connectivity index (χ2v) is 7.84. The van der Waals surface area contributed by atoms with Gasteiger partial charge in [-0.3, -0.25) is 14.5 Å². The van der Waals surface area contributed by atoms with Crippen molar-refractivity contribution in [1.29, 1.82) is 0 Å². The molecule has 6 nitrogen and oxygen atoms in total. The van der Waals surface area contributed by atoms with E-state index in [-0.39, 0.29) is 18.9 Å². The number of Topliss-reactive ketones (excluding diaryl/α,β-unsaturated/α-hetero) is 1. The van der Waals surface area contributed by atoms with Crippen molar-refractivity contribution >= 4 is 17.2 Å². The van der Waals surface area contributed by atoms with Crippen LogP contribution in [0.15, 0.2) is 47.6 Å². The molecule has 30 heavy (non-hydrogen) atoms. The van der Waals surface area contributed by atoms with Crippen LogP contribution in [0, 0.1) is 6.57 Å². The van der Waals surface area contributed by atoms with Crippen molar-refractivity contribution in [2.45, 2.75) is 18.8 Å². The maximum atomic E-state index is 12.3. The van der Waals surface area contributed by atoms with Crippen LogP contribution >= 0.6 is 0 Å². The average molecular weight is 395 g/mol. The highest BCUT2D eigenvalue weighted by atomic mass is 16.1. The molecule has 0 radical (unpaired) electrons. The highest BCUT2D eigenvalue weighted by Crippen LogP contribution is 2.44. The lowest BCUT2D eigenvalue weighted by atomic mass is 9.91. The summed E-state index contributed by atoms with van der Waals surface area (Å²) in [5, 5.41) is 4.49. The summed E-state index contributed by atoms with van der Waals surface area (Å²) in [5.74, 6) is 0.603. The third kappa shape index (κ3) is 2.95. The van der Waals surface area contributed by atoms with Crippen LogP contribution in [0.5, 0.6) is 0 Å². The minimum absolute atomic E-state index is 0.00703. The van der Waals surface area contributed by atoms with Crippen LogP contribution < -0.4 is 5.73 Å². The van der Waals surface area contributed by atoms with Crippen LogP contribution in [-0.2, 0) is 7.05 Å². The van der Waals surface area contributed by atoms with E-state index >= 15 is 0 Å². The Morgan fingerprint density at radius 3 is 2.70 bits per heavy atom. The lowest BCUT2D eigenvalue weighted by molar-refractivity contribution is 0.1000. The average Bonchev–Trinajstić information content (AvgIpc) is 3.55. The first-order valence-corrected chi connectivity index (χ1v) is 10.1. The fourth-order valence-corrected chi connectivity index (χ4v) is 4.19. The molecule has 1 aromatic heterocycles. The smallest absolute Gasteiger partial charge is 0.196 e. The van der Waals surface area contributed by atoms with Crippen LogP contribution in [0.1, 0.15) is 40.2 Å². The predicted octanol–water partition coefficient (Wildman–Crippen LogP) is 4.13. The number of carbonyl (C=O) groups excluding carboxylic acids is 1.